The number of carbonyl (C=O) groups is 1. The molecule has 1 aliphatic heterocycles. The second-order valence-corrected chi connectivity index (χ2v) is 6.50. The Kier molecular flexibility index (Phi) is 3.86. The van der Waals surface area contributed by atoms with E-state index in [4.69, 9.17) is 9.47 Å². The number of pyridine rings is 1. The fraction of sp³-hybridized carbons (Fsp3) is 0.444. The van der Waals surface area contributed by atoms with Gasteiger partial charge in [-0.1, -0.05) is 18.2 Å². The number of hydrogen-bond acceptors (Lipinski definition) is 4. The second-order valence-electron chi connectivity index (χ2n) is 6.50. The maximum Gasteiger partial charge on any atom is 0.252 e. The minimum absolute atomic E-state index is 0.0306. The van der Waals surface area contributed by atoms with Crippen molar-refractivity contribution in [2.24, 2.45) is 11.8 Å². The molecule has 1 aliphatic carbocycles. The molecule has 2 N–H and O–H groups in total. The van der Waals surface area contributed by atoms with Gasteiger partial charge in [-0.25, -0.2) is 0 Å². The summed E-state index contributed by atoms with van der Waals surface area (Å²) >= 11 is 0. The molecule has 4 atom stereocenters. The number of aromatic nitrogens is 1. The number of benzene rings is 1. The summed E-state index contributed by atoms with van der Waals surface area (Å²) in [5, 5.41) is 3.85. The van der Waals surface area contributed by atoms with E-state index in [1.54, 1.807) is 13.2 Å². The second kappa shape index (κ2) is 6.03. The van der Waals surface area contributed by atoms with Gasteiger partial charge in [0.2, 0.25) is 5.56 Å². The maximum atomic E-state index is 12.8. The average molecular weight is 328 g/mol. The van der Waals surface area contributed by atoms with E-state index in [1.165, 1.54) is 6.07 Å². The first kappa shape index (κ1) is 15.4. The van der Waals surface area contributed by atoms with Crippen LogP contribution in [0.2, 0.25) is 0 Å². The molecule has 24 heavy (non-hydrogen) atoms. The van der Waals surface area contributed by atoms with Gasteiger partial charge in [0.05, 0.1) is 18.3 Å². The molecular weight excluding hydrogens is 308 g/mol. The first-order valence-electron chi connectivity index (χ1n) is 8.22. The zero-order valence-corrected chi connectivity index (χ0v) is 13.5. The summed E-state index contributed by atoms with van der Waals surface area (Å²) in [6, 6.07) is 8.73. The summed E-state index contributed by atoms with van der Waals surface area (Å²) < 4.78 is 11.0. The molecule has 1 saturated carbocycles. The fourth-order valence-electron chi connectivity index (χ4n) is 4.06. The average Bonchev–Trinajstić information content (AvgIpc) is 3.01. The molecule has 2 heterocycles. The van der Waals surface area contributed by atoms with Crippen LogP contribution in [-0.2, 0) is 9.47 Å². The Morgan fingerprint density at radius 3 is 3.08 bits per heavy atom. The van der Waals surface area contributed by atoms with Crippen molar-refractivity contribution in [2.75, 3.05) is 20.3 Å². The Hall–Kier alpha value is -2.18. The molecule has 1 aromatic heterocycles. The lowest BCUT2D eigenvalue weighted by molar-refractivity contribution is -0.0809. The van der Waals surface area contributed by atoms with Crippen molar-refractivity contribution in [3.05, 3.63) is 46.2 Å². The maximum absolute atomic E-state index is 12.8. The molecule has 126 valence electrons. The number of rotatable bonds is 4. The minimum Gasteiger partial charge on any atom is -0.384 e. The highest BCUT2D eigenvalue weighted by atomic mass is 16.5. The van der Waals surface area contributed by atoms with E-state index in [0.29, 0.717) is 23.6 Å². The van der Waals surface area contributed by atoms with Gasteiger partial charge in [0.25, 0.3) is 5.91 Å². The predicted molar refractivity (Wildman–Crippen MR) is 89.0 cm³/mol. The van der Waals surface area contributed by atoms with Crippen LogP contribution in [0.4, 0.5) is 0 Å². The summed E-state index contributed by atoms with van der Waals surface area (Å²) in [6.07, 6.45) is 1.12. The molecule has 6 heteroatoms. The van der Waals surface area contributed by atoms with E-state index in [2.05, 4.69) is 10.3 Å². The number of hydrogen-bond donors (Lipinski definition) is 2. The number of carbonyl (C=O) groups excluding carboxylic acids is 1. The minimum atomic E-state index is -0.275. The van der Waals surface area contributed by atoms with Crippen LogP contribution in [0.3, 0.4) is 0 Å². The highest BCUT2D eigenvalue weighted by Crippen LogP contribution is 2.43. The zero-order chi connectivity index (χ0) is 16.7. The van der Waals surface area contributed by atoms with Crippen LogP contribution in [0.15, 0.2) is 35.1 Å². The lowest BCUT2D eigenvalue weighted by atomic mass is 9.67. The first-order chi connectivity index (χ1) is 11.7. The van der Waals surface area contributed by atoms with Crippen LogP contribution in [-0.4, -0.2) is 43.4 Å². The molecule has 1 amide bonds. The molecule has 0 bridgehead atoms. The lowest BCUT2D eigenvalue weighted by Crippen LogP contribution is -2.62. The third-order valence-electron chi connectivity index (χ3n) is 5.18. The molecule has 1 aromatic carbocycles. The van der Waals surface area contributed by atoms with Gasteiger partial charge >= 0.3 is 0 Å². The smallest absolute Gasteiger partial charge is 0.252 e. The predicted octanol–water partition coefficient (Wildman–Crippen LogP) is 1.31. The van der Waals surface area contributed by atoms with Crippen molar-refractivity contribution in [3.63, 3.8) is 0 Å². The Balaban J connectivity index is 1.62. The molecule has 0 unspecified atom stereocenters. The van der Waals surface area contributed by atoms with Crippen LogP contribution >= 0.6 is 0 Å². The summed E-state index contributed by atoms with van der Waals surface area (Å²) in [5.74, 6) is 0.288. The van der Waals surface area contributed by atoms with Gasteiger partial charge in [-0.15, -0.1) is 0 Å². The van der Waals surface area contributed by atoms with Crippen molar-refractivity contribution < 1.29 is 14.3 Å². The number of H-pyrrole nitrogens is 1. The van der Waals surface area contributed by atoms with Crippen molar-refractivity contribution >= 4 is 16.8 Å². The molecule has 2 aromatic rings. The third-order valence-corrected chi connectivity index (χ3v) is 5.18. The Morgan fingerprint density at radius 1 is 1.42 bits per heavy atom. The molecule has 0 radical (unpaired) electrons. The molecule has 0 spiro atoms. The SMILES string of the molecule is COC[C@@H]1[C@@H](NC(=O)c2cc(=O)[nH]c3ccccc23)[C@@H]2CCO[C@H]12. The summed E-state index contributed by atoms with van der Waals surface area (Å²) in [5.41, 5.74) is 0.801. The molecule has 2 aliphatic rings. The Morgan fingerprint density at radius 2 is 2.25 bits per heavy atom. The fourth-order valence-corrected chi connectivity index (χ4v) is 4.06. The first-order valence-corrected chi connectivity index (χ1v) is 8.22. The normalized spacial score (nSPS) is 28.4. The largest absolute Gasteiger partial charge is 0.384 e. The molecule has 4 rings (SSSR count). The quantitative estimate of drug-likeness (QED) is 0.887. The standard InChI is InChI=1S/C18H20N2O4/c1-23-9-13-16(11-6-7-24-17(11)13)20-18(22)12-8-15(21)19-14-5-3-2-4-10(12)14/h2-5,8,11,13,16-17H,6-7,9H2,1H3,(H,19,21)(H,20,22)/t11-,13+,16-,17-/m0/s1. The molecule has 2 fully saturated rings. The van der Waals surface area contributed by atoms with Gasteiger partial charge in [0, 0.05) is 48.6 Å². The van der Waals surface area contributed by atoms with E-state index in [9.17, 15) is 9.59 Å². The molecule has 1 saturated heterocycles. The van der Waals surface area contributed by atoms with Crippen molar-refractivity contribution in [1.29, 1.82) is 0 Å². The summed E-state index contributed by atoms with van der Waals surface area (Å²) in [7, 11) is 1.66. The number of fused-ring (bicyclic) bond motifs is 2. The number of methoxy groups -OCH3 is 1. The van der Waals surface area contributed by atoms with Gasteiger partial charge in [-0.05, 0) is 12.5 Å². The molecule has 6 nitrogen and oxygen atoms in total. The summed E-state index contributed by atoms with van der Waals surface area (Å²) in [6.45, 7) is 1.29. The molecular formula is C18H20N2O4. The van der Waals surface area contributed by atoms with Gasteiger partial charge in [-0.2, -0.15) is 0 Å². The van der Waals surface area contributed by atoms with Crippen molar-refractivity contribution in [2.45, 2.75) is 18.6 Å². The highest BCUT2D eigenvalue weighted by Gasteiger charge is 2.54. The number of nitrogens with one attached hydrogen (secondary N) is 2. The Bertz CT molecular complexity index is 831. The van der Waals surface area contributed by atoms with E-state index < -0.39 is 0 Å². The van der Waals surface area contributed by atoms with E-state index >= 15 is 0 Å². The summed E-state index contributed by atoms with van der Waals surface area (Å²) in [4.78, 5) is 27.4. The Labute approximate surface area is 139 Å². The third kappa shape index (κ3) is 2.42. The number of para-hydroxylation sites is 1. The van der Waals surface area contributed by atoms with Crippen molar-refractivity contribution in [3.8, 4) is 0 Å². The van der Waals surface area contributed by atoms with E-state index in [-0.39, 0.29) is 29.5 Å². The van der Waals surface area contributed by atoms with Crippen molar-refractivity contribution in [1.82, 2.24) is 10.3 Å². The van der Waals surface area contributed by atoms with Crippen LogP contribution < -0.4 is 10.9 Å². The van der Waals surface area contributed by atoms with Crippen LogP contribution in [0.25, 0.3) is 10.9 Å². The van der Waals surface area contributed by atoms with E-state index in [1.807, 2.05) is 18.2 Å². The van der Waals surface area contributed by atoms with Crippen LogP contribution in [0.5, 0.6) is 0 Å². The number of ether oxygens (including phenoxy) is 2. The lowest BCUT2D eigenvalue weighted by Gasteiger charge is -2.47. The monoisotopic (exact) mass is 328 g/mol. The topological polar surface area (TPSA) is 80.4 Å². The number of amides is 1. The van der Waals surface area contributed by atoms with Gasteiger partial charge in [0.15, 0.2) is 0 Å². The van der Waals surface area contributed by atoms with E-state index in [0.717, 1.165) is 18.4 Å². The van der Waals surface area contributed by atoms with Crippen LogP contribution in [0, 0.1) is 11.8 Å². The van der Waals surface area contributed by atoms with Gasteiger partial charge in [-0.3, -0.25) is 9.59 Å². The van der Waals surface area contributed by atoms with Crippen LogP contribution in [0.1, 0.15) is 16.8 Å². The van der Waals surface area contributed by atoms with Gasteiger partial charge in [0.1, 0.15) is 0 Å². The number of aromatic amines is 1. The highest BCUT2D eigenvalue weighted by molar-refractivity contribution is 6.06. The zero-order valence-electron chi connectivity index (χ0n) is 13.5. The van der Waals surface area contributed by atoms with Gasteiger partial charge < -0.3 is 19.8 Å².